The molecule has 7 heavy (non-hydrogen) atoms. The summed E-state index contributed by atoms with van der Waals surface area (Å²) in [5.41, 5.74) is 1.79. The smallest absolute Gasteiger partial charge is 0.0983 e. The maximum absolute atomic E-state index is 3.81. The molecule has 0 spiro atoms. The van der Waals surface area contributed by atoms with Crippen LogP contribution in [-0.4, -0.2) is 12.2 Å². The van der Waals surface area contributed by atoms with E-state index in [4.69, 9.17) is 0 Å². The first-order valence-corrected chi connectivity index (χ1v) is 3.25. The van der Waals surface area contributed by atoms with Crippen LogP contribution in [0.2, 0.25) is 0 Å². The zero-order valence-electron chi connectivity index (χ0n) is 4.64. The average Bonchev–Trinajstić information content (AvgIpc) is 2.23. The zero-order chi connectivity index (χ0) is 5.54. The number of hydrogen-bond acceptors (Lipinski definition) is 3. The van der Waals surface area contributed by atoms with Gasteiger partial charge in [-0.2, -0.15) is 0 Å². The Balaban J connectivity index is 0.000000162. The lowest BCUT2D eigenvalue weighted by atomic mass is 11.0. The molecule has 0 unspecified atom stereocenters. The monoisotopic (exact) mass is 118 g/mol. The Morgan fingerprint density at radius 1 is 1.71 bits per heavy atom. The highest BCUT2D eigenvalue weighted by molar-refractivity contribution is 8.10. The SMILES string of the molecule is C1=NCNS1.CC. The van der Waals surface area contributed by atoms with E-state index in [9.17, 15) is 0 Å². The average molecular weight is 118 g/mol. The molecule has 0 amide bonds. The van der Waals surface area contributed by atoms with Gasteiger partial charge in [-0.15, -0.1) is 0 Å². The van der Waals surface area contributed by atoms with E-state index in [1.807, 2.05) is 13.8 Å². The van der Waals surface area contributed by atoms with Crippen LogP contribution in [0, 0.1) is 0 Å². The first-order valence-electron chi connectivity index (χ1n) is 2.37. The Bertz CT molecular complexity index is 47.7. The van der Waals surface area contributed by atoms with E-state index in [1.165, 1.54) is 11.9 Å². The molecule has 2 nitrogen and oxygen atoms in total. The lowest BCUT2D eigenvalue weighted by Gasteiger charge is -1.73. The number of nitrogens with zero attached hydrogens (tertiary/aromatic N) is 1. The summed E-state index contributed by atoms with van der Waals surface area (Å²) in [6.45, 7) is 4.78. The summed E-state index contributed by atoms with van der Waals surface area (Å²) in [5, 5.41) is 0. The highest BCUT2D eigenvalue weighted by atomic mass is 32.2. The van der Waals surface area contributed by atoms with Gasteiger partial charge in [-0.25, -0.2) is 4.72 Å². The van der Waals surface area contributed by atoms with Crippen molar-refractivity contribution in [3.05, 3.63) is 0 Å². The van der Waals surface area contributed by atoms with Gasteiger partial charge in [0.2, 0.25) is 0 Å². The van der Waals surface area contributed by atoms with E-state index < -0.39 is 0 Å². The lowest BCUT2D eigenvalue weighted by Crippen LogP contribution is -1.92. The summed E-state index contributed by atoms with van der Waals surface area (Å²) >= 11 is 1.53. The summed E-state index contributed by atoms with van der Waals surface area (Å²) in [5.74, 6) is 0. The van der Waals surface area contributed by atoms with Crippen molar-refractivity contribution in [3.8, 4) is 0 Å². The molecule has 3 heteroatoms. The Morgan fingerprint density at radius 3 is 2.57 bits per heavy atom. The molecule has 0 aromatic carbocycles. The number of nitrogens with one attached hydrogen (secondary N) is 1. The van der Waals surface area contributed by atoms with Crippen LogP contribution in [-0.2, 0) is 0 Å². The molecule has 0 bridgehead atoms. The van der Waals surface area contributed by atoms with Gasteiger partial charge in [-0.3, -0.25) is 4.99 Å². The number of rotatable bonds is 0. The predicted molar refractivity (Wildman–Crippen MR) is 35.4 cm³/mol. The molecular formula is C4H10N2S. The fourth-order valence-electron chi connectivity index (χ4n) is 0.186. The van der Waals surface area contributed by atoms with Crippen molar-refractivity contribution in [2.24, 2.45) is 4.99 Å². The van der Waals surface area contributed by atoms with Crippen LogP contribution >= 0.6 is 11.9 Å². The standard InChI is InChI=1S/C2H4N2S.C2H6/c1-3-2-5-4-1;1-2/h2,4H,1H2;1-2H3. The lowest BCUT2D eigenvalue weighted by molar-refractivity contribution is 1.02. The van der Waals surface area contributed by atoms with Gasteiger partial charge in [0.15, 0.2) is 0 Å². The number of hydrogen-bond donors (Lipinski definition) is 1. The summed E-state index contributed by atoms with van der Waals surface area (Å²) in [6, 6.07) is 0. The van der Waals surface area contributed by atoms with Gasteiger partial charge in [0.05, 0.1) is 12.2 Å². The molecule has 1 aliphatic rings. The quantitative estimate of drug-likeness (QED) is 0.484. The first kappa shape index (κ1) is 6.98. The molecule has 0 saturated carbocycles. The second-order valence-corrected chi connectivity index (χ2v) is 1.44. The fourth-order valence-corrected chi connectivity index (χ4v) is 0.559. The molecule has 1 N–H and O–H groups in total. The number of aliphatic imine (C=N–C) groups is 1. The normalized spacial score (nSPS) is 15.7. The molecule has 1 heterocycles. The van der Waals surface area contributed by atoms with Crippen LogP contribution in [0.1, 0.15) is 13.8 Å². The molecule has 0 radical (unpaired) electrons. The molecule has 0 aliphatic carbocycles. The van der Waals surface area contributed by atoms with Crippen molar-refractivity contribution in [1.82, 2.24) is 4.72 Å². The van der Waals surface area contributed by atoms with Gasteiger partial charge in [0, 0.05) is 0 Å². The maximum atomic E-state index is 3.81. The van der Waals surface area contributed by atoms with Crippen LogP contribution < -0.4 is 4.72 Å². The molecule has 0 atom stereocenters. The molecule has 0 aromatic rings. The van der Waals surface area contributed by atoms with Gasteiger partial charge in [-0.05, 0) is 11.9 Å². The van der Waals surface area contributed by atoms with Crippen LogP contribution in [0.5, 0.6) is 0 Å². The first-order chi connectivity index (χ1) is 3.50. The highest BCUT2D eigenvalue weighted by Crippen LogP contribution is 1.90. The van der Waals surface area contributed by atoms with E-state index in [0.717, 1.165) is 6.67 Å². The third-order valence-corrected chi connectivity index (χ3v) is 0.917. The fraction of sp³-hybridized carbons (Fsp3) is 0.750. The van der Waals surface area contributed by atoms with Crippen molar-refractivity contribution < 1.29 is 0 Å². The molecule has 0 saturated heterocycles. The van der Waals surface area contributed by atoms with Crippen LogP contribution in [0.4, 0.5) is 0 Å². The highest BCUT2D eigenvalue weighted by Gasteiger charge is 1.83. The second kappa shape index (κ2) is 5.98. The zero-order valence-corrected chi connectivity index (χ0v) is 5.46. The molecular weight excluding hydrogens is 108 g/mol. The third kappa shape index (κ3) is 3.82. The minimum absolute atomic E-state index is 0.782. The molecule has 0 fully saturated rings. The topological polar surface area (TPSA) is 24.4 Å². The van der Waals surface area contributed by atoms with E-state index in [0.29, 0.717) is 0 Å². The van der Waals surface area contributed by atoms with E-state index in [-0.39, 0.29) is 0 Å². The minimum atomic E-state index is 0.782. The van der Waals surface area contributed by atoms with Crippen LogP contribution in [0.15, 0.2) is 4.99 Å². The van der Waals surface area contributed by atoms with Crippen molar-refractivity contribution >= 4 is 17.5 Å². The predicted octanol–water partition coefficient (Wildman–Crippen LogP) is 1.25. The van der Waals surface area contributed by atoms with Gasteiger partial charge >= 0.3 is 0 Å². The Morgan fingerprint density at radius 2 is 2.43 bits per heavy atom. The van der Waals surface area contributed by atoms with E-state index in [1.54, 1.807) is 5.55 Å². The molecule has 1 rings (SSSR count). The molecule has 0 aromatic heterocycles. The minimum Gasteiger partial charge on any atom is -0.269 e. The largest absolute Gasteiger partial charge is 0.269 e. The van der Waals surface area contributed by atoms with Gasteiger partial charge in [0.1, 0.15) is 0 Å². The van der Waals surface area contributed by atoms with Crippen molar-refractivity contribution in [3.63, 3.8) is 0 Å². The Labute approximate surface area is 48.5 Å². The van der Waals surface area contributed by atoms with E-state index in [2.05, 4.69) is 9.71 Å². The van der Waals surface area contributed by atoms with Gasteiger partial charge in [-0.1, -0.05) is 13.8 Å². The second-order valence-electron chi connectivity index (χ2n) is 0.708. The summed E-state index contributed by atoms with van der Waals surface area (Å²) in [4.78, 5) is 3.81. The van der Waals surface area contributed by atoms with E-state index >= 15 is 0 Å². The summed E-state index contributed by atoms with van der Waals surface area (Å²) < 4.78 is 2.92. The maximum Gasteiger partial charge on any atom is 0.0983 e. The van der Waals surface area contributed by atoms with Crippen molar-refractivity contribution in [2.45, 2.75) is 13.8 Å². The van der Waals surface area contributed by atoms with Gasteiger partial charge < -0.3 is 0 Å². The van der Waals surface area contributed by atoms with Crippen molar-refractivity contribution in [1.29, 1.82) is 0 Å². The Kier molecular flexibility index (Phi) is 5.96. The van der Waals surface area contributed by atoms with Crippen molar-refractivity contribution in [2.75, 3.05) is 6.67 Å². The molecule has 42 valence electrons. The summed E-state index contributed by atoms with van der Waals surface area (Å²) in [7, 11) is 0. The Hall–Kier alpha value is -0.0200. The van der Waals surface area contributed by atoms with Gasteiger partial charge in [0.25, 0.3) is 0 Å². The van der Waals surface area contributed by atoms with Crippen LogP contribution in [0.3, 0.4) is 0 Å². The summed E-state index contributed by atoms with van der Waals surface area (Å²) in [6.07, 6.45) is 0. The third-order valence-electron chi connectivity index (χ3n) is 0.366. The van der Waals surface area contributed by atoms with Crippen LogP contribution in [0.25, 0.3) is 0 Å². The molecule has 1 aliphatic heterocycles.